The fourth-order valence-electron chi connectivity index (χ4n) is 0.237. The Labute approximate surface area is 64.5 Å². The van der Waals surface area contributed by atoms with E-state index in [0.29, 0.717) is 0 Å². The highest BCUT2D eigenvalue weighted by Crippen LogP contribution is 2.13. The van der Waals surface area contributed by atoms with Gasteiger partial charge in [-0.3, -0.25) is 20.4 Å². The van der Waals surface area contributed by atoms with Gasteiger partial charge in [0.15, 0.2) is 0 Å². The summed E-state index contributed by atoms with van der Waals surface area (Å²) in [5.41, 5.74) is 2.38. The Morgan fingerprint density at radius 3 is 2.08 bits per heavy atom. The number of halogens is 3. The van der Waals surface area contributed by atoms with E-state index in [0.717, 1.165) is 5.43 Å². The van der Waals surface area contributed by atoms with E-state index >= 15 is 0 Å². The summed E-state index contributed by atoms with van der Waals surface area (Å²) in [5.74, 6) is -3.43. The van der Waals surface area contributed by atoms with Crippen molar-refractivity contribution >= 4 is 11.8 Å². The average molecular weight is 186 g/mol. The molecule has 3 N–H and O–H groups in total. The molecule has 0 fully saturated rings. The van der Waals surface area contributed by atoms with Gasteiger partial charge in [-0.15, -0.1) is 0 Å². The summed E-state index contributed by atoms with van der Waals surface area (Å²) in [5, 5.41) is 8.01. The van der Waals surface area contributed by atoms with Crippen molar-refractivity contribution in [3.05, 3.63) is 0 Å². The van der Waals surface area contributed by atoms with Gasteiger partial charge in [0, 0.05) is 0 Å². The summed E-state index contributed by atoms with van der Waals surface area (Å²) < 4.78 is 34.1. The Morgan fingerprint density at radius 2 is 1.75 bits per heavy atom. The molecular weight excluding hydrogens is 181 g/mol. The van der Waals surface area contributed by atoms with Gasteiger partial charge in [-0.1, -0.05) is 0 Å². The lowest BCUT2D eigenvalue weighted by Gasteiger charge is -2.07. The van der Waals surface area contributed by atoms with Crippen LogP contribution in [-0.4, -0.2) is 29.7 Å². The molecule has 0 spiro atoms. The van der Waals surface area contributed by atoms with Gasteiger partial charge in [-0.05, 0) is 0 Å². The summed E-state index contributed by atoms with van der Waals surface area (Å²) in [7, 11) is 0. The molecule has 2 amide bonds. The number of aliphatic hydroxyl groups is 1. The third kappa shape index (κ3) is 3.76. The molecular formula is C4H5F3N2O3. The Morgan fingerprint density at radius 1 is 1.25 bits per heavy atom. The maximum Gasteiger partial charge on any atom is 0.472 e. The number of rotatable bonds is 1. The first-order chi connectivity index (χ1) is 5.38. The van der Waals surface area contributed by atoms with Crippen molar-refractivity contribution in [3.63, 3.8) is 0 Å². The lowest BCUT2D eigenvalue weighted by molar-refractivity contribution is -0.175. The van der Waals surface area contributed by atoms with Gasteiger partial charge in [-0.25, -0.2) is 0 Å². The second-order valence-electron chi connectivity index (χ2n) is 1.66. The molecule has 0 aliphatic rings. The van der Waals surface area contributed by atoms with Crippen molar-refractivity contribution in [1.29, 1.82) is 0 Å². The van der Waals surface area contributed by atoms with E-state index in [9.17, 15) is 22.8 Å². The van der Waals surface area contributed by atoms with Crippen LogP contribution in [0, 0.1) is 0 Å². The van der Waals surface area contributed by atoms with Crippen molar-refractivity contribution < 1.29 is 27.9 Å². The smallest absolute Gasteiger partial charge is 0.386 e. The zero-order valence-corrected chi connectivity index (χ0v) is 5.60. The highest BCUT2D eigenvalue weighted by molar-refractivity contribution is 5.85. The lowest BCUT2D eigenvalue weighted by atomic mass is 10.6. The molecule has 0 aromatic carbocycles. The molecule has 0 aliphatic heterocycles. The quantitative estimate of drug-likeness (QED) is 0.445. The number of aliphatic hydroxyl groups excluding tert-OH is 1. The third-order valence-corrected chi connectivity index (χ3v) is 0.717. The normalized spacial score (nSPS) is 10.7. The zero-order valence-electron chi connectivity index (χ0n) is 5.60. The lowest BCUT2D eigenvalue weighted by Crippen LogP contribution is -2.48. The van der Waals surface area contributed by atoms with Crippen molar-refractivity contribution in [1.82, 2.24) is 10.9 Å². The first kappa shape index (κ1) is 10.7. The van der Waals surface area contributed by atoms with Crippen molar-refractivity contribution in [3.8, 4) is 0 Å². The molecule has 0 aromatic rings. The average Bonchev–Trinajstić information content (AvgIpc) is 1.97. The molecule has 70 valence electrons. The minimum absolute atomic E-state index is 1.00. The van der Waals surface area contributed by atoms with Gasteiger partial charge < -0.3 is 5.11 Å². The molecule has 0 saturated carbocycles. The summed E-state index contributed by atoms with van der Waals surface area (Å²) in [4.78, 5) is 20.1. The van der Waals surface area contributed by atoms with Crippen LogP contribution in [0.15, 0.2) is 0 Å². The minimum Gasteiger partial charge on any atom is -0.386 e. The number of alkyl halides is 3. The summed E-state index contributed by atoms with van der Waals surface area (Å²) >= 11 is 0. The van der Waals surface area contributed by atoms with Gasteiger partial charge in [0.2, 0.25) is 0 Å². The van der Waals surface area contributed by atoms with Crippen LogP contribution in [0.25, 0.3) is 0 Å². The first-order valence-electron chi connectivity index (χ1n) is 2.64. The van der Waals surface area contributed by atoms with E-state index < -0.39 is 24.6 Å². The highest BCUT2D eigenvalue weighted by atomic mass is 19.4. The molecule has 0 heterocycles. The Balaban J connectivity index is 3.81. The van der Waals surface area contributed by atoms with Gasteiger partial charge >= 0.3 is 12.1 Å². The van der Waals surface area contributed by atoms with Gasteiger partial charge in [-0.2, -0.15) is 13.2 Å². The molecule has 0 atom stereocenters. The van der Waals surface area contributed by atoms with Gasteiger partial charge in [0.25, 0.3) is 5.91 Å². The van der Waals surface area contributed by atoms with Crippen LogP contribution in [-0.2, 0) is 9.59 Å². The number of nitrogens with one attached hydrogen (secondary N) is 2. The maximum atomic E-state index is 11.4. The molecule has 0 aliphatic carbocycles. The maximum absolute atomic E-state index is 11.4. The van der Waals surface area contributed by atoms with Crippen LogP contribution in [0.3, 0.4) is 0 Å². The molecule has 0 unspecified atom stereocenters. The van der Waals surface area contributed by atoms with Crippen molar-refractivity contribution in [2.45, 2.75) is 6.18 Å². The largest absolute Gasteiger partial charge is 0.472 e. The Hall–Kier alpha value is -1.31. The monoisotopic (exact) mass is 186 g/mol. The van der Waals surface area contributed by atoms with E-state index in [1.165, 1.54) is 5.43 Å². The number of amides is 2. The van der Waals surface area contributed by atoms with Gasteiger partial charge in [0.1, 0.15) is 6.61 Å². The number of carbonyl (C=O) groups excluding carboxylic acids is 2. The van der Waals surface area contributed by atoms with Crippen LogP contribution < -0.4 is 10.9 Å². The third-order valence-electron chi connectivity index (χ3n) is 0.717. The molecule has 5 nitrogen and oxygen atoms in total. The Kier molecular flexibility index (Phi) is 3.48. The molecule has 0 radical (unpaired) electrons. The molecule has 12 heavy (non-hydrogen) atoms. The molecule has 0 saturated heterocycles. The fourth-order valence-corrected chi connectivity index (χ4v) is 0.237. The predicted molar refractivity (Wildman–Crippen MR) is 29.4 cm³/mol. The van der Waals surface area contributed by atoms with Crippen LogP contribution in [0.2, 0.25) is 0 Å². The van der Waals surface area contributed by atoms with E-state index in [-0.39, 0.29) is 0 Å². The molecule has 8 heteroatoms. The summed E-state index contributed by atoms with van der Waals surface area (Å²) in [6.45, 7) is -1.00. The fraction of sp³-hybridized carbons (Fsp3) is 0.500. The second-order valence-corrected chi connectivity index (χ2v) is 1.66. The molecule has 0 aromatic heterocycles. The second kappa shape index (κ2) is 3.90. The topological polar surface area (TPSA) is 78.4 Å². The van der Waals surface area contributed by atoms with E-state index in [1.54, 1.807) is 0 Å². The molecule has 0 bridgehead atoms. The highest BCUT2D eigenvalue weighted by Gasteiger charge is 2.38. The standard InChI is InChI=1S/C4H5F3N2O3/c5-4(6,7)3(12)9-8-2(11)1-10/h10H,1H2,(H,8,11)(H,9,12). The summed E-state index contributed by atoms with van der Waals surface area (Å²) in [6, 6.07) is 0. The van der Waals surface area contributed by atoms with E-state index in [2.05, 4.69) is 0 Å². The first-order valence-corrected chi connectivity index (χ1v) is 2.64. The van der Waals surface area contributed by atoms with Crippen LogP contribution >= 0.6 is 0 Å². The van der Waals surface area contributed by atoms with Crippen LogP contribution in [0.4, 0.5) is 13.2 Å². The zero-order chi connectivity index (χ0) is 9.78. The number of hydrogen-bond acceptors (Lipinski definition) is 3. The molecule has 0 rings (SSSR count). The van der Waals surface area contributed by atoms with Gasteiger partial charge in [0.05, 0.1) is 0 Å². The van der Waals surface area contributed by atoms with Crippen molar-refractivity contribution in [2.75, 3.05) is 6.61 Å². The predicted octanol–water partition coefficient (Wildman–Crippen LogP) is -1.31. The Bertz CT molecular complexity index is 190. The number of hydrazine groups is 1. The van der Waals surface area contributed by atoms with Crippen LogP contribution in [0.1, 0.15) is 0 Å². The van der Waals surface area contributed by atoms with Crippen molar-refractivity contribution in [2.24, 2.45) is 0 Å². The minimum atomic E-state index is -5.05. The number of carbonyl (C=O) groups is 2. The SMILES string of the molecule is O=C(CO)NNC(=O)C(F)(F)F. The van der Waals surface area contributed by atoms with E-state index in [1.807, 2.05) is 0 Å². The van der Waals surface area contributed by atoms with E-state index in [4.69, 9.17) is 5.11 Å². The summed E-state index contributed by atoms with van der Waals surface area (Å²) in [6.07, 6.45) is -5.05. The van der Waals surface area contributed by atoms with Crippen LogP contribution in [0.5, 0.6) is 0 Å². The number of hydrogen-bond donors (Lipinski definition) is 3.